The van der Waals surface area contributed by atoms with Gasteiger partial charge in [0.25, 0.3) is 5.91 Å². The molecule has 0 saturated carbocycles. The van der Waals surface area contributed by atoms with Gasteiger partial charge in [-0.05, 0) is 61.6 Å². The molecule has 1 aromatic carbocycles. The van der Waals surface area contributed by atoms with Crippen molar-refractivity contribution in [2.45, 2.75) is 51.9 Å². The number of rotatable bonds is 7. The summed E-state index contributed by atoms with van der Waals surface area (Å²) in [5.74, 6) is 1.10. The highest BCUT2D eigenvalue weighted by Crippen LogP contribution is 2.26. The van der Waals surface area contributed by atoms with Gasteiger partial charge in [-0.1, -0.05) is 18.9 Å². The van der Waals surface area contributed by atoms with Gasteiger partial charge in [-0.3, -0.25) is 19.4 Å². The Morgan fingerprint density at radius 3 is 2.41 bits per heavy atom. The van der Waals surface area contributed by atoms with Crippen LogP contribution in [-0.4, -0.2) is 65.2 Å². The Kier molecular flexibility index (Phi) is 8.14. The molecule has 34 heavy (non-hydrogen) atoms. The Morgan fingerprint density at radius 1 is 0.941 bits per heavy atom. The van der Waals surface area contributed by atoms with Gasteiger partial charge in [0.15, 0.2) is 0 Å². The summed E-state index contributed by atoms with van der Waals surface area (Å²) in [5.41, 5.74) is 0.671. The lowest BCUT2D eigenvalue weighted by atomic mass is 9.89. The molecule has 2 saturated heterocycles. The van der Waals surface area contributed by atoms with Gasteiger partial charge in [-0.25, -0.2) is 0 Å². The Balaban J connectivity index is 1.10. The van der Waals surface area contributed by atoms with E-state index >= 15 is 0 Å². The third-order valence-corrected chi connectivity index (χ3v) is 7.44. The number of fused-ring (bicyclic) bond motifs is 1. The fourth-order valence-electron chi connectivity index (χ4n) is 5.23. The predicted molar refractivity (Wildman–Crippen MR) is 132 cm³/mol. The van der Waals surface area contributed by atoms with Crippen molar-refractivity contribution in [1.82, 2.24) is 20.1 Å². The predicted octanol–water partition coefficient (Wildman–Crippen LogP) is 3.63. The van der Waals surface area contributed by atoms with E-state index in [0.717, 1.165) is 68.8 Å². The monoisotopic (exact) mass is 464 g/mol. The smallest absolute Gasteiger partial charge is 0.251 e. The van der Waals surface area contributed by atoms with E-state index in [1.807, 2.05) is 34.1 Å². The van der Waals surface area contributed by atoms with Crippen LogP contribution in [0.2, 0.25) is 0 Å². The molecule has 0 unspecified atom stereocenters. The summed E-state index contributed by atoms with van der Waals surface area (Å²) in [7, 11) is 0. The van der Waals surface area contributed by atoms with Crippen LogP contribution in [0.3, 0.4) is 0 Å². The Bertz CT molecular complexity index is 1010. The zero-order valence-electron chi connectivity index (χ0n) is 20.2. The summed E-state index contributed by atoms with van der Waals surface area (Å²) < 4.78 is 0. The van der Waals surface area contributed by atoms with Crippen LogP contribution in [-0.2, 0) is 9.59 Å². The molecule has 182 valence electrons. The zero-order valence-corrected chi connectivity index (χ0v) is 20.2. The van der Waals surface area contributed by atoms with Crippen molar-refractivity contribution < 1.29 is 14.4 Å². The van der Waals surface area contributed by atoms with Gasteiger partial charge in [0.1, 0.15) is 0 Å². The molecule has 2 aliphatic heterocycles. The molecule has 3 amide bonds. The number of pyridine rings is 1. The molecule has 2 fully saturated rings. The molecule has 0 aliphatic carbocycles. The van der Waals surface area contributed by atoms with Gasteiger partial charge >= 0.3 is 0 Å². The lowest BCUT2D eigenvalue weighted by Gasteiger charge is -2.37. The molecule has 0 radical (unpaired) electrons. The lowest BCUT2D eigenvalue weighted by molar-refractivity contribution is -0.141. The van der Waals surface area contributed by atoms with Crippen LogP contribution in [0, 0.1) is 11.8 Å². The van der Waals surface area contributed by atoms with Crippen LogP contribution in [0.4, 0.5) is 0 Å². The van der Waals surface area contributed by atoms with E-state index in [2.05, 4.69) is 10.3 Å². The molecule has 2 aliphatic rings. The normalized spacial score (nSPS) is 17.7. The number of hydrogen-bond donors (Lipinski definition) is 1. The van der Waals surface area contributed by atoms with E-state index in [9.17, 15) is 14.4 Å². The third kappa shape index (κ3) is 6.13. The highest BCUT2D eigenvalue weighted by molar-refractivity contribution is 5.98. The summed E-state index contributed by atoms with van der Waals surface area (Å²) in [6.45, 7) is 5.39. The Hall–Kier alpha value is -2.96. The van der Waals surface area contributed by atoms with Crippen LogP contribution < -0.4 is 5.32 Å². The van der Waals surface area contributed by atoms with E-state index in [1.54, 1.807) is 19.3 Å². The van der Waals surface area contributed by atoms with E-state index < -0.39 is 0 Å². The summed E-state index contributed by atoms with van der Waals surface area (Å²) >= 11 is 0. The quantitative estimate of drug-likeness (QED) is 0.635. The average molecular weight is 465 g/mol. The Morgan fingerprint density at radius 2 is 1.68 bits per heavy atom. The molecule has 1 aromatic heterocycles. The molecule has 0 bridgehead atoms. The van der Waals surface area contributed by atoms with Gasteiger partial charge in [0.2, 0.25) is 11.8 Å². The maximum atomic E-state index is 12.9. The number of carbonyl (C=O) groups is 3. The number of hydrogen-bond acceptors (Lipinski definition) is 4. The van der Waals surface area contributed by atoms with E-state index in [4.69, 9.17) is 0 Å². The number of piperidine rings is 2. The molecule has 3 heterocycles. The van der Waals surface area contributed by atoms with Crippen molar-refractivity contribution in [2.75, 3.05) is 32.7 Å². The first kappa shape index (κ1) is 24.2. The first-order valence-electron chi connectivity index (χ1n) is 12.7. The highest BCUT2D eigenvalue weighted by atomic mass is 16.2. The van der Waals surface area contributed by atoms with Crippen LogP contribution in [0.15, 0.2) is 36.7 Å². The fourth-order valence-corrected chi connectivity index (χ4v) is 5.23. The van der Waals surface area contributed by atoms with Crippen LogP contribution in [0.25, 0.3) is 10.8 Å². The molecule has 7 heteroatoms. The average Bonchev–Trinajstić information content (AvgIpc) is 2.88. The second-order valence-electron chi connectivity index (χ2n) is 9.74. The van der Waals surface area contributed by atoms with E-state index in [1.165, 1.54) is 0 Å². The lowest BCUT2D eigenvalue weighted by Crippen LogP contribution is -2.46. The first-order valence-corrected chi connectivity index (χ1v) is 12.7. The largest absolute Gasteiger partial charge is 0.352 e. The van der Waals surface area contributed by atoms with Gasteiger partial charge in [-0.2, -0.15) is 0 Å². The zero-order chi connectivity index (χ0) is 23.9. The summed E-state index contributed by atoms with van der Waals surface area (Å²) in [6.07, 6.45) is 10.5. The number of unbranched alkanes of at least 4 members (excludes halogenated alkanes) is 1. The standard InChI is InChI=1S/C27H36N4O3/c1-20(32)30-16-10-23(11-17-30)27(34)31-14-8-21(9-15-31)4-2-3-12-29-26(33)24-6-5-22-7-13-28-19-25(22)18-24/h5-7,13,18-19,21,23H,2-4,8-12,14-17H2,1H3,(H,29,33). The van der Waals surface area contributed by atoms with Gasteiger partial charge in [0, 0.05) is 68.9 Å². The minimum Gasteiger partial charge on any atom is -0.352 e. The first-order chi connectivity index (χ1) is 16.5. The number of nitrogens with zero attached hydrogens (tertiary/aromatic N) is 3. The molecule has 7 nitrogen and oxygen atoms in total. The van der Waals surface area contributed by atoms with Crippen molar-refractivity contribution in [1.29, 1.82) is 0 Å². The molecular weight excluding hydrogens is 428 g/mol. The molecule has 1 N–H and O–H groups in total. The van der Waals surface area contributed by atoms with Crippen molar-refractivity contribution in [3.05, 3.63) is 42.2 Å². The second-order valence-corrected chi connectivity index (χ2v) is 9.74. The molecule has 0 atom stereocenters. The summed E-state index contributed by atoms with van der Waals surface area (Å²) in [5, 5.41) is 5.09. The minimum absolute atomic E-state index is 0.0355. The third-order valence-electron chi connectivity index (χ3n) is 7.44. The van der Waals surface area contributed by atoms with Gasteiger partial charge in [0.05, 0.1) is 0 Å². The topological polar surface area (TPSA) is 82.6 Å². The van der Waals surface area contributed by atoms with E-state index in [0.29, 0.717) is 31.1 Å². The number of likely N-dealkylation sites (tertiary alicyclic amines) is 2. The number of benzene rings is 1. The summed E-state index contributed by atoms with van der Waals surface area (Å²) in [4.78, 5) is 44.8. The van der Waals surface area contributed by atoms with E-state index in [-0.39, 0.29) is 23.6 Å². The van der Waals surface area contributed by atoms with Gasteiger partial charge in [-0.15, -0.1) is 0 Å². The Labute approximate surface area is 201 Å². The van der Waals surface area contributed by atoms with Crippen molar-refractivity contribution >= 4 is 28.5 Å². The van der Waals surface area contributed by atoms with Crippen molar-refractivity contribution in [2.24, 2.45) is 11.8 Å². The second kappa shape index (κ2) is 11.4. The molecule has 2 aromatic rings. The molecular formula is C27H36N4O3. The van der Waals surface area contributed by atoms with Crippen LogP contribution in [0.5, 0.6) is 0 Å². The number of amides is 3. The minimum atomic E-state index is -0.0355. The van der Waals surface area contributed by atoms with Crippen molar-refractivity contribution in [3.8, 4) is 0 Å². The van der Waals surface area contributed by atoms with Gasteiger partial charge < -0.3 is 15.1 Å². The number of carbonyl (C=O) groups excluding carboxylic acids is 3. The highest BCUT2D eigenvalue weighted by Gasteiger charge is 2.31. The summed E-state index contributed by atoms with van der Waals surface area (Å²) in [6, 6.07) is 7.65. The van der Waals surface area contributed by atoms with Crippen LogP contribution in [0.1, 0.15) is 62.2 Å². The molecule has 4 rings (SSSR count). The maximum Gasteiger partial charge on any atom is 0.251 e. The molecule has 0 spiro atoms. The SMILES string of the molecule is CC(=O)N1CCC(C(=O)N2CCC(CCCCNC(=O)c3ccc4ccncc4c3)CC2)CC1. The fraction of sp³-hybridized carbons (Fsp3) is 0.556. The maximum absolute atomic E-state index is 12.9. The van der Waals surface area contributed by atoms with Crippen LogP contribution >= 0.6 is 0 Å². The van der Waals surface area contributed by atoms with Crippen molar-refractivity contribution in [3.63, 3.8) is 0 Å². The number of aromatic nitrogens is 1. The number of nitrogens with one attached hydrogen (secondary N) is 1.